The Morgan fingerprint density at radius 3 is 2.53 bits per heavy atom. The Bertz CT molecular complexity index is 189. The smallest absolute Gasteiger partial charge is 0.0467 e. The van der Waals surface area contributed by atoms with Gasteiger partial charge in [0, 0.05) is 39.4 Å². The van der Waals surface area contributed by atoms with Crippen molar-refractivity contribution in [1.29, 1.82) is 0 Å². The average Bonchev–Trinajstić information content (AvgIpc) is 2.79. The first-order valence-electron chi connectivity index (χ1n) is 7.07. The molecule has 1 rings (SSSR count). The van der Waals surface area contributed by atoms with Crippen molar-refractivity contribution < 1.29 is 4.74 Å². The van der Waals surface area contributed by atoms with Gasteiger partial charge in [0.25, 0.3) is 0 Å². The molecule has 0 aromatic rings. The van der Waals surface area contributed by atoms with Crippen LogP contribution >= 0.6 is 0 Å². The van der Waals surface area contributed by atoms with Crippen molar-refractivity contribution in [2.75, 3.05) is 33.4 Å². The van der Waals surface area contributed by atoms with Gasteiger partial charge in [-0.15, -0.1) is 0 Å². The topological polar surface area (TPSA) is 33.3 Å². The zero-order chi connectivity index (χ0) is 12.6. The summed E-state index contributed by atoms with van der Waals surface area (Å²) in [6.07, 6.45) is 6.69. The lowest BCUT2D eigenvalue weighted by molar-refractivity contribution is 0.151. The van der Waals surface area contributed by atoms with Gasteiger partial charge in [0.05, 0.1) is 0 Å². The van der Waals surface area contributed by atoms with Crippen LogP contribution in [0.5, 0.6) is 0 Å². The second kappa shape index (κ2) is 8.06. The minimum Gasteiger partial charge on any atom is -0.385 e. The molecule has 0 saturated heterocycles. The number of nitrogens with one attached hydrogen (secondary N) is 2. The van der Waals surface area contributed by atoms with Gasteiger partial charge >= 0.3 is 0 Å². The summed E-state index contributed by atoms with van der Waals surface area (Å²) in [4.78, 5) is 0. The molecule has 102 valence electrons. The molecule has 0 aromatic heterocycles. The van der Waals surface area contributed by atoms with Crippen molar-refractivity contribution in [3.8, 4) is 0 Å². The van der Waals surface area contributed by atoms with Gasteiger partial charge in [-0.05, 0) is 24.7 Å². The SMILES string of the molecule is COCCC(C)(C)CNCCNC1CCCC1. The fourth-order valence-electron chi connectivity index (χ4n) is 2.39. The van der Waals surface area contributed by atoms with Crippen molar-refractivity contribution >= 4 is 0 Å². The summed E-state index contributed by atoms with van der Waals surface area (Å²) in [6, 6.07) is 0.790. The molecule has 0 radical (unpaired) electrons. The average molecular weight is 242 g/mol. The van der Waals surface area contributed by atoms with E-state index in [2.05, 4.69) is 24.5 Å². The van der Waals surface area contributed by atoms with Crippen LogP contribution in [-0.2, 0) is 4.74 Å². The van der Waals surface area contributed by atoms with E-state index >= 15 is 0 Å². The molecule has 1 fully saturated rings. The molecule has 3 heteroatoms. The Morgan fingerprint density at radius 2 is 1.88 bits per heavy atom. The summed E-state index contributed by atoms with van der Waals surface area (Å²) in [5.74, 6) is 0. The van der Waals surface area contributed by atoms with E-state index in [1.807, 2.05) is 0 Å². The van der Waals surface area contributed by atoms with Crippen molar-refractivity contribution in [2.45, 2.75) is 52.0 Å². The van der Waals surface area contributed by atoms with E-state index < -0.39 is 0 Å². The highest BCUT2D eigenvalue weighted by Crippen LogP contribution is 2.18. The largest absolute Gasteiger partial charge is 0.385 e. The van der Waals surface area contributed by atoms with Crippen molar-refractivity contribution in [1.82, 2.24) is 10.6 Å². The van der Waals surface area contributed by atoms with Crippen LogP contribution in [0.25, 0.3) is 0 Å². The molecule has 1 aliphatic rings. The van der Waals surface area contributed by atoms with Gasteiger partial charge in [-0.25, -0.2) is 0 Å². The van der Waals surface area contributed by atoms with E-state index in [0.29, 0.717) is 5.41 Å². The number of ether oxygens (including phenoxy) is 1. The molecular formula is C14H30N2O. The van der Waals surface area contributed by atoms with E-state index in [0.717, 1.165) is 38.7 Å². The van der Waals surface area contributed by atoms with Crippen molar-refractivity contribution in [3.63, 3.8) is 0 Å². The molecule has 0 aromatic carbocycles. The summed E-state index contributed by atoms with van der Waals surface area (Å²) in [7, 11) is 1.77. The lowest BCUT2D eigenvalue weighted by Crippen LogP contribution is -2.37. The summed E-state index contributed by atoms with van der Waals surface area (Å²) in [6.45, 7) is 8.70. The third kappa shape index (κ3) is 7.02. The highest BCUT2D eigenvalue weighted by molar-refractivity contribution is 4.75. The zero-order valence-corrected chi connectivity index (χ0v) is 11.8. The first kappa shape index (κ1) is 14.9. The predicted octanol–water partition coefficient (Wildman–Crippen LogP) is 2.17. The van der Waals surface area contributed by atoms with Gasteiger partial charge in [-0.1, -0.05) is 26.7 Å². The quantitative estimate of drug-likeness (QED) is 0.608. The maximum Gasteiger partial charge on any atom is 0.0467 e. The molecule has 3 nitrogen and oxygen atoms in total. The Kier molecular flexibility index (Phi) is 7.09. The summed E-state index contributed by atoms with van der Waals surface area (Å²) >= 11 is 0. The number of methoxy groups -OCH3 is 1. The van der Waals surface area contributed by atoms with Crippen LogP contribution < -0.4 is 10.6 Å². The van der Waals surface area contributed by atoms with E-state index in [1.165, 1.54) is 25.7 Å². The molecule has 1 aliphatic carbocycles. The van der Waals surface area contributed by atoms with Crippen LogP contribution in [0.3, 0.4) is 0 Å². The Balaban J connectivity index is 1.95. The van der Waals surface area contributed by atoms with Gasteiger partial charge in [0.15, 0.2) is 0 Å². The molecule has 0 aliphatic heterocycles. The third-order valence-corrected chi connectivity index (χ3v) is 3.68. The number of rotatable bonds is 9. The van der Waals surface area contributed by atoms with Crippen molar-refractivity contribution in [3.05, 3.63) is 0 Å². The van der Waals surface area contributed by atoms with Crippen LogP contribution in [0.15, 0.2) is 0 Å². The molecule has 0 amide bonds. The maximum absolute atomic E-state index is 5.13. The number of hydrogen-bond donors (Lipinski definition) is 2. The van der Waals surface area contributed by atoms with Gasteiger partial charge in [-0.3, -0.25) is 0 Å². The lowest BCUT2D eigenvalue weighted by Gasteiger charge is -2.25. The van der Waals surface area contributed by atoms with Gasteiger partial charge < -0.3 is 15.4 Å². The zero-order valence-electron chi connectivity index (χ0n) is 11.8. The van der Waals surface area contributed by atoms with Crippen LogP contribution in [0.4, 0.5) is 0 Å². The summed E-state index contributed by atoms with van der Waals surface area (Å²) in [5, 5.41) is 7.16. The molecule has 0 bridgehead atoms. The molecule has 2 N–H and O–H groups in total. The Labute approximate surface area is 107 Å². The fourth-order valence-corrected chi connectivity index (χ4v) is 2.39. The van der Waals surface area contributed by atoms with Crippen LogP contribution in [0.2, 0.25) is 0 Å². The summed E-state index contributed by atoms with van der Waals surface area (Å²) < 4.78 is 5.13. The predicted molar refractivity (Wildman–Crippen MR) is 73.4 cm³/mol. The molecule has 0 atom stereocenters. The van der Waals surface area contributed by atoms with E-state index in [-0.39, 0.29) is 0 Å². The van der Waals surface area contributed by atoms with E-state index in [1.54, 1.807) is 7.11 Å². The van der Waals surface area contributed by atoms with Gasteiger partial charge in [0.2, 0.25) is 0 Å². The summed E-state index contributed by atoms with van der Waals surface area (Å²) in [5.41, 5.74) is 0.337. The minimum absolute atomic E-state index is 0.337. The molecule has 17 heavy (non-hydrogen) atoms. The molecule has 0 spiro atoms. The number of hydrogen-bond acceptors (Lipinski definition) is 3. The molecule has 0 unspecified atom stereocenters. The highest BCUT2D eigenvalue weighted by Gasteiger charge is 2.17. The lowest BCUT2D eigenvalue weighted by atomic mass is 9.90. The molecule has 1 saturated carbocycles. The third-order valence-electron chi connectivity index (χ3n) is 3.68. The fraction of sp³-hybridized carbons (Fsp3) is 1.00. The first-order chi connectivity index (χ1) is 8.14. The second-order valence-electron chi connectivity index (χ2n) is 6.02. The monoisotopic (exact) mass is 242 g/mol. The second-order valence-corrected chi connectivity index (χ2v) is 6.02. The van der Waals surface area contributed by atoms with Gasteiger partial charge in [0.1, 0.15) is 0 Å². The Hall–Kier alpha value is -0.120. The molecular weight excluding hydrogens is 212 g/mol. The molecule has 0 heterocycles. The normalized spacial score (nSPS) is 17.8. The maximum atomic E-state index is 5.13. The van der Waals surface area contributed by atoms with Crippen LogP contribution in [0, 0.1) is 5.41 Å². The van der Waals surface area contributed by atoms with Crippen LogP contribution in [-0.4, -0.2) is 39.4 Å². The Morgan fingerprint density at radius 1 is 1.18 bits per heavy atom. The van der Waals surface area contributed by atoms with Crippen molar-refractivity contribution in [2.24, 2.45) is 5.41 Å². The van der Waals surface area contributed by atoms with E-state index in [9.17, 15) is 0 Å². The standard InChI is InChI=1S/C14H30N2O/c1-14(2,8-11-17-3)12-15-9-10-16-13-6-4-5-7-13/h13,15-16H,4-12H2,1-3H3. The highest BCUT2D eigenvalue weighted by atomic mass is 16.5. The minimum atomic E-state index is 0.337. The first-order valence-corrected chi connectivity index (χ1v) is 7.07. The van der Waals surface area contributed by atoms with Gasteiger partial charge in [-0.2, -0.15) is 0 Å². The van der Waals surface area contributed by atoms with E-state index in [4.69, 9.17) is 4.74 Å². The van der Waals surface area contributed by atoms with Crippen LogP contribution in [0.1, 0.15) is 46.0 Å².